The molecular formula is C20H24BrN5O2. The number of ether oxygens (including phenoxy) is 2. The van der Waals surface area contributed by atoms with Crippen molar-refractivity contribution in [3.63, 3.8) is 0 Å². The van der Waals surface area contributed by atoms with E-state index in [1.54, 1.807) is 11.8 Å². The van der Waals surface area contributed by atoms with Crippen molar-refractivity contribution in [3.8, 4) is 11.5 Å². The van der Waals surface area contributed by atoms with E-state index in [0.29, 0.717) is 30.6 Å². The molecule has 0 unspecified atom stereocenters. The fourth-order valence-corrected chi connectivity index (χ4v) is 3.16. The van der Waals surface area contributed by atoms with Crippen LogP contribution >= 0.6 is 15.9 Å². The standard InChI is InChI=1S/C20H24BrN5O2/c1-4-9-26-20(23-24-25-26)22-12-16-10-18(27-3)19(11-17(16)21)28-13-15-7-5-14(2)6-8-15/h5-8,10-11H,4,9,12-13H2,1-3H3,(H,22,23,25). The van der Waals surface area contributed by atoms with Crippen LogP contribution in [0.2, 0.25) is 0 Å². The first kappa shape index (κ1) is 20.1. The van der Waals surface area contributed by atoms with Crippen LogP contribution in [0.3, 0.4) is 0 Å². The van der Waals surface area contributed by atoms with Crippen molar-refractivity contribution < 1.29 is 9.47 Å². The maximum Gasteiger partial charge on any atom is 0.243 e. The minimum atomic E-state index is 0.479. The third-order valence-electron chi connectivity index (χ3n) is 4.25. The molecule has 0 amide bonds. The summed E-state index contributed by atoms with van der Waals surface area (Å²) in [5.41, 5.74) is 3.36. The van der Waals surface area contributed by atoms with Crippen molar-refractivity contribution in [1.82, 2.24) is 20.2 Å². The Balaban J connectivity index is 1.70. The minimum Gasteiger partial charge on any atom is -0.493 e. The lowest BCUT2D eigenvalue weighted by Crippen LogP contribution is -2.09. The number of aryl methyl sites for hydroxylation is 2. The molecular weight excluding hydrogens is 422 g/mol. The molecule has 148 valence electrons. The molecule has 0 radical (unpaired) electrons. The molecule has 0 fully saturated rings. The summed E-state index contributed by atoms with van der Waals surface area (Å²) in [6.07, 6.45) is 0.963. The highest BCUT2D eigenvalue weighted by Crippen LogP contribution is 2.34. The highest BCUT2D eigenvalue weighted by molar-refractivity contribution is 9.10. The summed E-state index contributed by atoms with van der Waals surface area (Å²) in [7, 11) is 1.64. The first-order chi connectivity index (χ1) is 13.6. The van der Waals surface area contributed by atoms with Gasteiger partial charge in [0.15, 0.2) is 11.5 Å². The largest absolute Gasteiger partial charge is 0.493 e. The van der Waals surface area contributed by atoms with Crippen molar-refractivity contribution in [1.29, 1.82) is 0 Å². The van der Waals surface area contributed by atoms with Gasteiger partial charge in [-0.05, 0) is 47.0 Å². The topological polar surface area (TPSA) is 74.1 Å². The van der Waals surface area contributed by atoms with E-state index in [4.69, 9.17) is 9.47 Å². The number of methoxy groups -OCH3 is 1. The van der Waals surface area contributed by atoms with Gasteiger partial charge in [-0.2, -0.15) is 0 Å². The average molecular weight is 446 g/mol. The van der Waals surface area contributed by atoms with Crippen molar-refractivity contribution in [3.05, 3.63) is 57.6 Å². The number of hydrogen-bond acceptors (Lipinski definition) is 6. The molecule has 28 heavy (non-hydrogen) atoms. The lowest BCUT2D eigenvalue weighted by atomic mass is 10.1. The first-order valence-corrected chi connectivity index (χ1v) is 9.94. The lowest BCUT2D eigenvalue weighted by molar-refractivity contribution is 0.284. The molecule has 0 saturated carbocycles. The Kier molecular flexibility index (Phi) is 6.86. The Morgan fingerprint density at radius 2 is 1.93 bits per heavy atom. The third kappa shape index (κ3) is 5.01. The van der Waals surface area contributed by atoms with Gasteiger partial charge in [-0.25, -0.2) is 4.68 Å². The number of tetrazole rings is 1. The van der Waals surface area contributed by atoms with Crippen molar-refractivity contribution in [2.75, 3.05) is 12.4 Å². The van der Waals surface area contributed by atoms with Crippen LogP contribution in [-0.2, 0) is 19.7 Å². The number of nitrogens with zero attached hydrogens (tertiary/aromatic N) is 4. The fraction of sp³-hybridized carbons (Fsp3) is 0.350. The van der Waals surface area contributed by atoms with E-state index in [9.17, 15) is 0 Å². The number of nitrogens with one attached hydrogen (secondary N) is 1. The normalized spacial score (nSPS) is 10.7. The van der Waals surface area contributed by atoms with E-state index in [0.717, 1.165) is 28.6 Å². The second kappa shape index (κ2) is 9.54. The van der Waals surface area contributed by atoms with Crippen LogP contribution < -0.4 is 14.8 Å². The summed E-state index contributed by atoms with van der Waals surface area (Å²) in [6.45, 7) is 5.96. The van der Waals surface area contributed by atoms with Crippen LogP contribution in [0.25, 0.3) is 0 Å². The Bertz CT molecular complexity index is 911. The quantitative estimate of drug-likeness (QED) is 0.527. The Morgan fingerprint density at radius 3 is 2.64 bits per heavy atom. The predicted octanol–water partition coefficient (Wildman–Crippen LogP) is 4.35. The van der Waals surface area contributed by atoms with Gasteiger partial charge in [0.05, 0.1) is 7.11 Å². The highest BCUT2D eigenvalue weighted by atomic mass is 79.9. The first-order valence-electron chi connectivity index (χ1n) is 9.15. The number of anilines is 1. The Hall–Kier alpha value is -2.61. The average Bonchev–Trinajstić information content (AvgIpc) is 3.14. The van der Waals surface area contributed by atoms with Gasteiger partial charge in [0.25, 0.3) is 0 Å². The molecule has 0 spiro atoms. The molecule has 1 N–H and O–H groups in total. The molecule has 0 atom stereocenters. The summed E-state index contributed by atoms with van der Waals surface area (Å²) < 4.78 is 14.2. The zero-order valence-electron chi connectivity index (χ0n) is 16.3. The third-order valence-corrected chi connectivity index (χ3v) is 4.99. The SMILES string of the molecule is CCCn1nnnc1NCc1cc(OC)c(OCc2ccc(C)cc2)cc1Br. The van der Waals surface area contributed by atoms with Crippen molar-refractivity contribution in [2.45, 2.75) is 40.0 Å². The van der Waals surface area contributed by atoms with Crippen LogP contribution in [0.4, 0.5) is 5.95 Å². The lowest BCUT2D eigenvalue weighted by Gasteiger charge is -2.15. The van der Waals surface area contributed by atoms with Gasteiger partial charge < -0.3 is 14.8 Å². The summed E-state index contributed by atoms with van der Waals surface area (Å²) in [6, 6.07) is 12.2. The van der Waals surface area contributed by atoms with E-state index < -0.39 is 0 Å². The van der Waals surface area contributed by atoms with Gasteiger partial charge in [0, 0.05) is 17.6 Å². The Labute approximate surface area is 173 Å². The smallest absolute Gasteiger partial charge is 0.243 e. The molecule has 0 bridgehead atoms. The monoisotopic (exact) mass is 445 g/mol. The van der Waals surface area contributed by atoms with Gasteiger partial charge >= 0.3 is 0 Å². The van der Waals surface area contributed by atoms with E-state index in [1.807, 2.05) is 12.1 Å². The molecule has 3 aromatic rings. The predicted molar refractivity (Wildman–Crippen MR) is 112 cm³/mol. The molecule has 0 aliphatic rings. The second-order valence-electron chi connectivity index (χ2n) is 6.45. The van der Waals surface area contributed by atoms with Gasteiger partial charge in [-0.1, -0.05) is 57.8 Å². The van der Waals surface area contributed by atoms with Crippen molar-refractivity contribution >= 4 is 21.9 Å². The van der Waals surface area contributed by atoms with Crippen LogP contribution in [0.1, 0.15) is 30.0 Å². The van der Waals surface area contributed by atoms with E-state index in [2.05, 4.69) is 74.9 Å². The molecule has 0 aliphatic heterocycles. The molecule has 8 heteroatoms. The Morgan fingerprint density at radius 1 is 1.14 bits per heavy atom. The van der Waals surface area contributed by atoms with Gasteiger partial charge in [-0.15, -0.1) is 0 Å². The van der Waals surface area contributed by atoms with Crippen LogP contribution in [-0.4, -0.2) is 27.3 Å². The van der Waals surface area contributed by atoms with Gasteiger partial charge in [0.1, 0.15) is 6.61 Å². The zero-order valence-corrected chi connectivity index (χ0v) is 17.9. The molecule has 7 nitrogen and oxygen atoms in total. The van der Waals surface area contributed by atoms with Gasteiger partial charge in [-0.3, -0.25) is 0 Å². The van der Waals surface area contributed by atoms with Crippen LogP contribution in [0.15, 0.2) is 40.9 Å². The molecule has 1 heterocycles. The number of benzene rings is 2. The summed E-state index contributed by atoms with van der Waals surface area (Å²) in [5.74, 6) is 2.02. The molecule has 2 aromatic carbocycles. The zero-order chi connectivity index (χ0) is 19.9. The summed E-state index contributed by atoms with van der Waals surface area (Å²) in [4.78, 5) is 0. The minimum absolute atomic E-state index is 0.479. The van der Waals surface area contributed by atoms with Crippen LogP contribution in [0.5, 0.6) is 11.5 Å². The van der Waals surface area contributed by atoms with Crippen LogP contribution in [0, 0.1) is 6.92 Å². The fourth-order valence-electron chi connectivity index (χ4n) is 2.70. The molecule has 1 aromatic heterocycles. The second-order valence-corrected chi connectivity index (χ2v) is 7.30. The number of rotatable bonds is 9. The molecule has 0 saturated heterocycles. The molecule has 0 aliphatic carbocycles. The maximum absolute atomic E-state index is 5.98. The maximum atomic E-state index is 5.98. The summed E-state index contributed by atoms with van der Waals surface area (Å²) in [5, 5.41) is 15.0. The van der Waals surface area contributed by atoms with E-state index in [-0.39, 0.29) is 0 Å². The van der Waals surface area contributed by atoms with E-state index in [1.165, 1.54) is 5.56 Å². The number of hydrogen-bond donors (Lipinski definition) is 1. The number of aromatic nitrogens is 4. The van der Waals surface area contributed by atoms with E-state index >= 15 is 0 Å². The van der Waals surface area contributed by atoms with Gasteiger partial charge in [0.2, 0.25) is 5.95 Å². The van der Waals surface area contributed by atoms with Crippen molar-refractivity contribution in [2.24, 2.45) is 0 Å². The molecule has 3 rings (SSSR count). The highest BCUT2D eigenvalue weighted by Gasteiger charge is 2.12. The number of halogens is 1. The summed E-state index contributed by atoms with van der Waals surface area (Å²) >= 11 is 3.63.